The molecule has 0 fully saturated rings. The summed E-state index contributed by atoms with van der Waals surface area (Å²) in [6.07, 6.45) is 62.1. The zero-order valence-electron chi connectivity index (χ0n) is 45.1. The molecule has 0 aliphatic heterocycles. The number of hydrogen-bond donors (Lipinski definition) is 1. The summed E-state index contributed by atoms with van der Waals surface area (Å²) in [4.78, 5) is 35.6. The molecule has 0 aromatic rings. The molecule has 398 valence electrons. The molecule has 0 radical (unpaired) electrons. The molecule has 9 nitrogen and oxygen atoms in total. The van der Waals surface area contributed by atoms with Crippen molar-refractivity contribution in [3.8, 4) is 0 Å². The Hall–Kier alpha value is -2.03. The van der Waals surface area contributed by atoms with Crippen molar-refractivity contribution in [2.45, 2.75) is 264 Å². The molecule has 0 spiro atoms. The Balaban J connectivity index is 4.07. The first-order valence-corrected chi connectivity index (χ1v) is 29.9. The fraction of sp³-hybridized carbons (Fsp3) is 0.828. The molecule has 0 aromatic carbocycles. The minimum Gasteiger partial charge on any atom is -0.462 e. The van der Waals surface area contributed by atoms with Crippen LogP contribution in [0.25, 0.3) is 0 Å². The molecule has 0 saturated heterocycles. The number of hydrogen-bond acceptors (Lipinski definition) is 7. The molecule has 0 heterocycles. The van der Waals surface area contributed by atoms with Crippen LogP contribution < -0.4 is 0 Å². The van der Waals surface area contributed by atoms with Crippen LogP contribution >= 0.6 is 7.82 Å². The van der Waals surface area contributed by atoms with Crippen LogP contribution in [0.5, 0.6) is 0 Å². The lowest BCUT2D eigenvalue weighted by atomic mass is 10.0. The van der Waals surface area contributed by atoms with Gasteiger partial charge in [0, 0.05) is 12.8 Å². The molecule has 0 aliphatic carbocycles. The number of nitrogens with zero attached hydrogens (tertiary/aromatic N) is 1. The third-order valence-corrected chi connectivity index (χ3v) is 13.4. The van der Waals surface area contributed by atoms with Crippen LogP contribution in [0, 0.1) is 0 Å². The third-order valence-electron chi connectivity index (χ3n) is 12.4. The quantitative estimate of drug-likeness (QED) is 0.0211. The number of unbranched alkanes of at least 4 members (excludes halogenated alkanes) is 30. The normalized spacial score (nSPS) is 13.7. The van der Waals surface area contributed by atoms with E-state index >= 15 is 0 Å². The summed E-state index contributed by atoms with van der Waals surface area (Å²) in [6.45, 7) is 4.30. The molecule has 68 heavy (non-hydrogen) atoms. The van der Waals surface area contributed by atoms with Gasteiger partial charge in [-0.05, 0) is 51.4 Å². The molecule has 0 saturated carbocycles. The highest BCUT2D eigenvalue weighted by molar-refractivity contribution is 7.47. The Labute approximate surface area is 420 Å². The molecule has 2 atom stereocenters. The minimum absolute atomic E-state index is 0.0235. The first-order valence-electron chi connectivity index (χ1n) is 28.4. The lowest BCUT2D eigenvalue weighted by molar-refractivity contribution is -0.870. The fourth-order valence-electron chi connectivity index (χ4n) is 8.01. The Bertz CT molecular complexity index is 1290. The van der Waals surface area contributed by atoms with E-state index in [2.05, 4.69) is 62.5 Å². The largest absolute Gasteiger partial charge is 0.472 e. The maximum absolute atomic E-state index is 12.7. The van der Waals surface area contributed by atoms with E-state index < -0.39 is 26.5 Å². The van der Waals surface area contributed by atoms with Crippen LogP contribution in [0.1, 0.15) is 258 Å². The van der Waals surface area contributed by atoms with Gasteiger partial charge in [0.15, 0.2) is 6.10 Å². The second-order valence-corrected chi connectivity index (χ2v) is 21.8. The highest BCUT2D eigenvalue weighted by atomic mass is 31.2. The van der Waals surface area contributed by atoms with E-state index in [-0.39, 0.29) is 32.0 Å². The van der Waals surface area contributed by atoms with Crippen LogP contribution in [-0.2, 0) is 32.7 Å². The summed E-state index contributed by atoms with van der Waals surface area (Å²) < 4.78 is 34.4. The monoisotopic (exact) mass is 979 g/mol. The lowest BCUT2D eigenvalue weighted by Gasteiger charge is -2.24. The number of phosphoric acid groups is 1. The molecule has 1 N–H and O–H groups in total. The highest BCUT2D eigenvalue weighted by Gasteiger charge is 2.27. The van der Waals surface area contributed by atoms with Gasteiger partial charge in [-0.2, -0.15) is 0 Å². The Morgan fingerprint density at radius 2 is 0.838 bits per heavy atom. The van der Waals surface area contributed by atoms with Crippen molar-refractivity contribution in [2.24, 2.45) is 0 Å². The number of carbonyl (C=O) groups excluding carboxylic acids is 2. The van der Waals surface area contributed by atoms with Gasteiger partial charge in [0.1, 0.15) is 19.8 Å². The van der Waals surface area contributed by atoms with Gasteiger partial charge in [-0.15, -0.1) is 0 Å². The van der Waals surface area contributed by atoms with E-state index in [4.69, 9.17) is 18.5 Å². The Morgan fingerprint density at radius 1 is 0.471 bits per heavy atom. The summed E-state index contributed by atoms with van der Waals surface area (Å²) >= 11 is 0. The molecular formula is C58H109NO8P+. The Kier molecular flexibility index (Phi) is 48.4. The average molecular weight is 979 g/mol. The molecule has 0 amide bonds. The second-order valence-electron chi connectivity index (χ2n) is 20.3. The highest BCUT2D eigenvalue weighted by Crippen LogP contribution is 2.43. The second kappa shape index (κ2) is 49.9. The van der Waals surface area contributed by atoms with Crippen LogP contribution in [0.15, 0.2) is 48.6 Å². The van der Waals surface area contributed by atoms with E-state index in [1.165, 1.54) is 167 Å². The van der Waals surface area contributed by atoms with Crippen molar-refractivity contribution in [2.75, 3.05) is 47.5 Å². The van der Waals surface area contributed by atoms with E-state index in [0.29, 0.717) is 17.4 Å². The SMILES string of the molecule is CC/C=C\C/C=C\C/C=C\C/C=C\CCCCC(=O)OC(COC(=O)CCCCCCCCCCCCCCCCCCCCCCCCCCCCCCC)COP(=O)(O)OCC[N+](C)(C)C. The van der Waals surface area contributed by atoms with Gasteiger partial charge in [0.2, 0.25) is 0 Å². The van der Waals surface area contributed by atoms with Crippen molar-refractivity contribution < 1.29 is 42.1 Å². The minimum atomic E-state index is -4.39. The van der Waals surface area contributed by atoms with Gasteiger partial charge < -0.3 is 18.9 Å². The van der Waals surface area contributed by atoms with Gasteiger partial charge in [-0.1, -0.05) is 242 Å². The lowest BCUT2D eigenvalue weighted by Crippen LogP contribution is -2.37. The number of quaternary nitrogens is 1. The average Bonchev–Trinajstić information content (AvgIpc) is 3.30. The third kappa shape index (κ3) is 53.3. The van der Waals surface area contributed by atoms with Gasteiger partial charge in [0.05, 0.1) is 27.7 Å². The van der Waals surface area contributed by atoms with Gasteiger partial charge in [-0.3, -0.25) is 18.6 Å². The van der Waals surface area contributed by atoms with Gasteiger partial charge in [0.25, 0.3) is 0 Å². The van der Waals surface area contributed by atoms with Crippen molar-refractivity contribution in [3.05, 3.63) is 48.6 Å². The van der Waals surface area contributed by atoms with Gasteiger partial charge in [-0.25, -0.2) is 4.57 Å². The molecular weight excluding hydrogens is 870 g/mol. The standard InChI is InChI=1S/C58H108NO8P/c1-6-8-10-12-14-16-18-20-22-23-24-25-26-27-28-29-30-31-32-33-34-35-37-38-40-42-44-46-48-50-57(60)64-54-56(55-66-68(62,63)65-53-52-59(3,4)5)67-58(61)51-49-47-45-43-41-39-36-21-19-17-15-13-11-9-7-2/h9,11,15,17,21,36,41,43,56H,6-8,10,12-14,16,18-20,22-35,37-40,42,44-55H2,1-5H3/p+1/b11-9-,17-15-,36-21-,43-41-. The summed E-state index contributed by atoms with van der Waals surface area (Å²) in [6, 6.07) is 0. The summed E-state index contributed by atoms with van der Waals surface area (Å²) in [5.41, 5.74) is 0. The number of likely N-dealkylation sites (N-methyl/N-ethyl adjacent to an activating group) is 1. The maximum Gasteiger partial charge on any atom is 0.472 e. The first-order chi connectivity index (χ1) is 33.0. The topological polar surface area (TPSA) is 108 Å². The van der Waals surface area contributed by atoms with Crippen LogP contribution in [-0.4, -0.2) is 74.9 Å². The number of allylic oxidation sites excluding steroid dienone is 8. The molecule has 10 heteroatoms. The molecule has 0 rings (SSSR count). The van der Waals surface area contributed by atoms with Crippen LogP contribution in [0.3, 0.4) is 0 Å². The maximum atomic E-state index is 12.7. The van der Waals surface area contributed by atoms with E-state index in [1.807, 2.05) is 21.1 Å². The predicted octanol–water partition coefficient (Wildman–Crippen LogP) is 17.4. The van der Waals surface area contributed by atoms with Crippen LogP contribution in [0.4, 0.5) is 0 Å². The van der Waals surface area contributed by atoms with E-state index in [9.17, 15) is 19.0 Å². The first kappa shape index (κ1) is 66.0. The summed E-state index contributed by atoms with van der Waals surface area (Å²) in [5.74, 6) is -0.838. The number of phosphoric ester groups is 1. The zero-order chi connectivity index (χ0) is 49.9. The number of carbonyl (C=O) groups is 2. The van der Waals surface area contributed by atoms with Crippen molar-refractivity contribution >= 4 is 19.8 Å². The molecule has 2 unspecified atom stereocenters. The van der Waals surface area contributed by atoms with Crippen LogP contribution in [0.2, 0.25) is 0 Å². The number of esters is 2. The Morgan fingerprint density at radius 3 is 1.25 bits per heavy atom. The van der Waals surface area contributed by atoms with E-state index in [1.54, 1.807) is 0 Å². The van der Waals surface area contributed by atoms with Crippen molar-refractivity contribution in [3.63, 3.8) is 0 Å². The van der Waals surface area contributed by atoms with E-state index in [0.717, 1.165) is 57.8 Å². The summed E-state index contributed by atoms with van der Waals surface area (Å²) in [7, 11) is 1.45. The predicted molar refractivity (Wildman–Crippen MR) is 289 cm³/mol. The smallest absolute Gasteiger partial charge is 0.462 e. The summed E-state index contributed by atoms with van der Waals surface area (Å²) in [5, 5.41) is 0. The number of rotatable bonds is 52. The van der Waals surface area contributed by atoms with Crippen molar-refractivity contribution in [1.82, 2.24) is 0 Å². The van der Waals surface area contributed by atoms with Crippen molar-refractivity contribution in [1.29, 1.82) is 0 Å². The fourth-order valence-corrected chi connectivity index (χ4v) is 8.75. The molecule has 0 aliphatic rings. The zero-order valence-corrected chi connectivity index (χ0v) is 46.0. The molecule has 0 bridgehead atoms. The molecule has 0 aromatic heterocycles. The number of ether oxygens (including phenoxy) is 2. The van der Waals surface area contributed by atoms with Gasteiger partial charge >= 0.3 is 19.8 Å².